The van der Waals surface area contributed by atoms with Gasteiger partial charge in [0.25, 0.3) is 5.91 Å². The number of hydrogen-bond donors (Lipinski definition) is 0. The molecule has 1 aliphatic heterocycles. The van der Waals surface area contributed by atoms with Crippen molar-refractivity contribution in [3.05, 3.63) is 40.2 Å². The number of hydrogen-bond acceptors (Lipinski definition) is 3. The van der Waals surface area contributed by atoms with Crippen molar-refractivity contribution in [3.8, 4) is 0 Å². The summed E-state index contributed by atoms with van der Waals surface area (Å²) in [5, 5.41) is 0. The van der Waals surface area contributed by atoms with Crippen molar-refractivity contribution in [1.29, 1.82) is 0 Å². The van der Waals surface area contributed by atoms with E-state index < -0.39 is 12.6 Å². The van der Waals surface area contributed by atoms with Gasteiger partial charge in [0.1, 0.15) is 5.69 Å². The highest BCUT2D eigenvalue weighted by Gasteiger charge is 2.34. The molecular weight excluding hydrogens is 393 g/mol. The lowest BCUT2D eigenvalue weighted by Gasteiger charge is -2.23. The lowest BCUT2D eigenvalue weighted by molar-refractivity contribution is -0.136. The topological polar surface area (TPSA) is 41.4 Å². The molecule has 1 aromatic carbocycles. The monoisotopic (exact) mass is 422 g/mol. The van der Waals surface area contributed by atoms with Crippen LogP contribution >= 0.6 is 0 Å². The number of benzene rings is 1. The Balaban J connectivity index is 1.95. The van der Waals surface area contributed by atoms with E-state index in [1.165, 1.54) is 10.5 Å². The van der Waals surface area contributed by atoms with Gasteiger partial charge in [-0.2, -0.15) is 13.2 Å². The van der Waals surface area contributed by atoms with Crippen LogP contribution in [-0.4, -0.2) is 46.2 Å². The minimum Gasteiger partial charge on any atom is -0.337 e. The number of rotatable bonds is 6. The van der Waals surface area contributed by atoms with E-state index >= 15 is 0 Å². The first kappa shape index (κ1) is 22.2. The highest BCUT2D eigenvalue weighted by Crippen LogP contribution is 2.36. The van der Waals surface area contributed by atoms with Crippen molar-refractivity contribution in [3.63, 3.8) is 0 Å². The Bertz CT molecular complexity index is 926. The van der Waals surface area contributed by atoms with Crippen LogP contribution in [0.3, 0.4) is 0 Å². The molecule has 30 heavy (non-hydrogen) atoms. The number of alkyl halides is 3. The van der Waals surface area contributed by atoms with Crippen LogP contribution in [-0.2, 0) is 6.54 Å². The Labute approximate surface area is 175 Å². The van der Waals surface area contributed by atoms with E-state index in [2.05, 4.69) is 42.8 Å². The number of halogens is 3. The Morgan fingerprint density at radius 1 is 1.10 bits per heavy atom. The van der Waals surface area contributed by atoms with Crippen LogP contribution in [0.1, 0.15) is 52.6 Å². The van der Waals surface area contributed by atoms with Gasteiger partial charge in [-0.25, -0.2) is 4.98 Å². The van der Waals surface area contributed by atoms with Gasteiger partial charge >= 0.3 is 6.18 Å². The minimum absolute atomic E-state index is 0.286. The van der Waals surface area contributed by atoms with Crippen LogP contribution < -0.4 is 4.90 Å². The van der Waals surface area contributed by atoms with Crippen molar-refractivity contribution < 1.29 is 18.0 Å². The van der Waals surface area contributed by atoms with Crippen LogP contribution in [0.5, 0.6) is 0 Å². The average Bonchev–Trinajstić information content (AvgIpc) is 3.15. The summed E-state index contributed by atoms with van der Waals surface area (Å²) in [6.45, 7) is 11.0. The van der Waals surface area contributed by atoms with E-state index in [4.69, 9.17) is 0 Å². The molecule has 2 heterocycles. The predicted octanol–water partition coefficient (Wildman–Crippen LogP) is 5.07. The summed E-state index contributed by atoms with van der Waals surface area (Å²) in [6, 6.07) is 4.24. The lowest BCUT2D eigenvalue weighted by atomic mass is 10.0. The molecular formula is C22H29F3N4O. The first-order chi connectivity index (χ1) is 14.0. The van der Waals surface area contributed by atoms with Gasteiger partial charge in [-0.15, -0.1) is 0 Å². The fraction of sp³-hybridized carbons (Fsp3) is 0.545. The number of anilines is 2. The molecule has 1 aliphatic rings. The van der Waals surface area contributed by atoms with Gasteiger partial charge in [-0.3, -0.25) is 4.79 Å². The van der Waals surface area contributed by atoms with E-state index in [1.54, 1.807) is 6.92 Å². The molecule has 0 saturated heterocycles. The van der Waals surface area contributed by atoms with Gasteiger partial charge < -0.3 is 14.4 Å². The number of amides is 1. The standard InChI is InChI=1S/C22H29F3N4O/c1-6-8-27(9-7-22(23,24)25)20(30)19-17(5)26-21-28(10-11-29(19)21)18-15(3)12-14(2)13-16(18)4/h12-13H,6-11H2,1-5H3. The highest BCUT2D eigenvalue weighted by atomic mass is 19.4. The molecule has 0 spiro atoms. The highest BCUT2D eigenvalue weighted by molar-refractivity contribution is 5.95. The number of fused-ring (bicyclic) bond motifs is 1. The van der Waals surface area contributed by atoms with E-state index in [1.807, 2.05) is 11.5 Å². The molecule has 0 atom stereocenters. The average molecular weight is 422 g/mol. The van der Waals surface area contributed by atoms with Crippen LogP contribution in [0, 0.1) is 27.7 Å². The molecule has 0 N–H and O–H groups in total. The largest absolute Gasteiger partial charge is 0.390 e. The van der Waals surface area contributed by atoms with Crippen LogP contribution in [0.25, 0.3) is 0 Å². The second-order valence-electron chi connectivity index (χ2n) is 8.05. The maximum atomic E-state index is 13.2. The molecule has 164 valence electrons. The van der Waals surface area contributed by atoms with Crippen molar-refractivity contribution in [2.45, 2.75) is 60.2 Å². The molecule has 0 radical (unpaired) electrons. The molecule has 8 heteroatoms. The van der Waals surface area contributed by atoms with Crippen LogP contribution in [0.4, 0.5) is 24.8 Å². The second-order valence-corrected chi connectivity index (χ2v) is 8.05. The molecule has 0 aliphatic carbocycles. The van der Waals surface area contributed by atoms with E-state index in [9.17, 15) is 18.0 Å². The summed E-state index contributed by atoms with van der Waals surface area (Å²) in [4.78, 5) is 21.2. The molecule has 0 saturated carbocycles. The fourth-order valence-corrected chi connectivity index (χ4v) is 4.35. The number of carbonyl (C=O) groups is 1. The molecule has 2 aromatic rings. The van der Waals surface area contributed by atoms with Gasteiger partial charge in [0, 0.05) is 31.9 Å². The molecule has 0 unspecified atom stereocenters. The molecule has 1 aromatic heterocycles. The smallest absolute Gasteiger partial charge is 0.337 e. The number of carbonyl (C=O) groups excluding carboxylic acids is 1. The molecule has 0 fully saturated rings. The summed E-state index contributed by atoms with van der Waals surface area (Å²) >= 11 is 0. The quantitative estimate of drug-likeness (QED) is 0.652. The Hall–Kier alpha value is -2.51. The zero-order chi connectivity index (χ0) is 22.2. The van der Waals surface area contributed by atoms with E-state index in [0.29, 0.717) is 36.8 Å². The predicted molar refractivity (Wildman–Crippen MR) is 111 cm³/mol. The number of nitrogens with zero attached hydrogens (tertiary/aromatic N) is 4. The SMILES string of the molecule is CCCN(CCC(F)(F)F)C(=O)c1c(C)nc2n1CCN2c1c(C)cc(C)cc1C. The van der Waals surface area contributed by atoms with Crippen LogP contribution in [0.15, 0.2) is 12.1 Å². The van der Waals surface area contributed by atoms with Gasteiger partial charge in [-0.05, 0) is 45.2 Å². The Morgan fingerprint density at radius 3 is 2.30 bits per heavy atom. The van der Waals surface area contributed by atoms with Gasteiger partial charge in [0.2, 0.25) is 5.95 Å². The second kappa shape index (κ2) is 8.32. The van der Waals surface area contributed by atoms with E-state index in [0.717, 1.165) is 16.8 Å². The number of imidazole rings is 1. The van der Waals surface area contributed by atoms with Crippen molar-refractivity contribution in [1.82, 2.24) is 14.5 Å². The fourth-order valence-electron chi connectivity index (χ4n) is 4.35. The third-order valence-electron chi connectivity index (χ3n) is 5.46. The summed E-state index contributed by atoms with van der Waals surface area (Å²) in [5.41, 5.74) is 5.47. The Morgan fingerprint density at radius 2 is 1.73 bits per heavy atom. The lowest BCUT2D eigenvalue weighted by Crippen LogP contribution is -2.36. The summed E-state index contributed by atoms with van der Waals surface area (Å²) in [5.74, 6) is 0.301. The number of aromatic nitrogens is 2. The van der Waals surface area contributed by atoms with Gasteiger partial charge in [0.05, 0.1) is 12.1 Å². The Kier molecular flexibility index (Phi) is 6.15. The maximum absolute atomic E-state index is 13.2. The van der Waals surface area contributed by atoms with Gasteiger partial charge in [0.15, 0.2) is 0 Å². The first-order valence-electron chi connectivity index (χ1n) is 10.3. The minimum atomic E-state index is -4.29. The normalized spacial score (nSPS) is 13.7. The molecule has 3 rings (SSSR count). The van der Waals surface area contributed by atoms with Crippen molar-refractivity contribution in [2.24, 2.45) is 0 Å². The third kappa shape index (κ3) is 4.32. The maximum Gasteiger partial charge on any atom is 0.390 e. The number of aryl methyl sites for hydroxylation is 4. The summed E-state index contributed by atoms with van der Waals surface area (Å²) < 4.78 is 40.1. The molecule has 0 bridgehead atoms. The first-order valence-corrected chi connectivity index (χ1v) is 10.3. The van der Waals surface area contributed by atoms with E-state index in [-0.39, 0.29) is 19.0 Å². The third-order valence-corrected chi connectivity index (χ3v) is 5.46. The van der Waals surface area contributed by atoms with Crippen LogP contribution in [0.2, 0.25) is 0 Å². The summed E-state index contributed by atoms with van der Waals surface area (Å²) in [6.07, 6.45) is -4.71. The summed E-state index contributed by atoms with van der Waals surface area (Å²) in [7, 11) is 0. The van der Waals surface area contributed by atoms with Crippen molar-refractivity contribution in [2.75, 3.05) is 24.5 Å². The zero-order valence-corrected chi connectivity index (χ0v) is 18.2. The molecule has 5 nitrogen and oxygen atoms in total. The van der Waals surface area contributed by atoms with Gasteiger partial charge in [-0.1, -0.05) is 24.6 Å². The van der Waals surface area contributed by atoms with Crippen molar-refractivity contribution >= 4 is 17.5 Å². The zero-order valence-electron chi connectivity index (χ0n) is 18.2. The molecule has 1 amide bonds.